The predicted molar refractivity (Wildman–Crippen MR) is 307 cm³/mol. The normalized spacial score (nSPS) is 15.4. The molecule has 0 spiro atoms. The summed E-state index contributed by atoms with van der Waals surface area (Å²) in [6.07, 6.45) is 19.3. The first kappa shape index (κ1) is 62.9. The number of aliphatic hydroxyl groups excluding tert-OH is 2. The van der Waals surface area contributed by atoms with Crippen LogP contribution in [0.1, 0.15) is 118 Å². The molecule has 12 nitrogen and oxygen atoms in total. The molecule has 0 amide bonds. The summed E-state index contributed by atoms with van der Waals surface area (Å²) in [5.74, 6) is -2.90. The van der Waals surface area contributed by atoms with Crippen molar-refractivity contribution in [2.75, 3.05) is 38.9 Å². The number of unbranched alkanes of at least 4 members (excludes halogenated alkanes) is 2. The Bertz CT molecular complexity index is 3040. The summed E-state index contributed by atoms with van der Waals surface area (Å²) in [5, 5.41) is 18.2. The maximum Gasteiger partial charge on any atom is 0.310 e. The summed E-state index contributed by atoms with van der Waals surface area (Å²) in [4.78, 5) is 51.8. The number of ether oxygens (including phenoxy) is 4. The van der Waals surface area contributed by atoms with Crippen molar-refractivity contribution in [2.45, 2.75) is 107 Å². The van der Waals surface area contributed by atoms with Gasteiger partial charge in [-0.2, -0.15) is 0 Å². The van der Waals surface area contributed by atoms with E-state index in [1.807, 2.05) is 81.5 Å². The molecule has 79 heavy (non-hydrogen) atoms. The van der Waals surface area contributed by atoms with Gasteiger partial charge in [-0.1, -0.05) is 73.7 Å². The molecule has 2 N–H and O–H groups in total. The van der Waals surface area contributed by atoms with E-state index in [9.17, 15) is 41.5 Å². The molecule has 6 rings (SSSR count). The van der Waals surface area contributed by atoms with Crippen LogP contribution in [0.4, 0.5) is 8.78 Å². The summed E-state index contributed by atoms with van der Waals surface area (Å²) in [7, 11) is -2.16. The van der Waals surface area contributed by atoms with E-state index in [0.717, 1.165) is 68.7 Å². The number of carbonyl (C=O) groups excluding carboxylic acids is 4. The fourth-order valence-corrected chi connectivity index (χ4v) is 9.61. The standard InChI is InChI=1S/C40H47FO7S.C23H23FO5S/c1-5-7-9-11-13-15-17-39(43)48-32(27-46-38(42)16-14-12-10-8-6-2)28-47-40(44)26-36-29(3)35(34-23-20-31(41)25-37(34)36)24-30-18-21-33(22-19-30)49(4)45;1-14-20(9-15-3-6-18(7-4-15)30(2)28)19-8-5-16(24)10-22(19)21(14)11-23(27)29-13-17(26)12-25/h5,8-11,18-25,32H,1,6-7,12-17,26-28H2,2-4H3;3-10,17,25-26H,11-13H2,1-2H3/b10-8-,11-9-,35-24-;20-9-. The summed E-state index contributed by atoms with van der Waals surface area (Å²) in [6, 6.07) is 23.6. The van der Waals surface area contributed by atoms with Crippen LogP contribution in [-0.4, -0.2) is 93.7 Å². The third kappa shape index (κ3) is 19.7. The van der Waals surface area contributed by atoms with Gasteiger partial charge in [0.15, 0.2) is 6.10 Å². The molecule has 0 aliphatic heterocycles. The van der Waals surface area contributed by atoms with Crippen molar-refractivity contribution in [1.29, 1.82) is 0 Å². The molecule has 0 radical (unpaired) electrons. The average Bonchev–Trinajstić information content (AvgIpc) is 3.93. The van der Waals surface area contributed by atoms with Crippen molar-refractivity contribution in [2.24, 2.45) is 0 Å². The second kappa shape index (κ2) is 32.2. The highest BCUT2D eigenvalue weighted by Crippen LogP contribution is 2.45. The van der Waals surface area contributed by atoms with Crippen LogP contribution in [0.5, 0.6) is 0 Å². The lowest BCUT2D eigenvalue weighted by molar-refractivity contribution is -0.166. The third-order valence-electron chi connectivity index (χ3n) is 12.8. The molecule has 16 heteroatoms. The van der Waals surface area contributed by atoms with Gasteiger partial charge in [-0.15, -0.1) is 6.58 Å². The lowest BCUT2D eigenvalue weighted by atomic mass is 10.0. The molecular weight excluding hydrogens is 1050 g/mol. The van der Waals surface area contributed by atoms with E-state index in [0.29, 0.717) is 46.4 Å². The number of allylic oxidation sites excluding steroid dienone is 9. The van der Waals surface area contributed by atoms with Gasteiger partial charge in [0.2, 0.25) is 0 Å². The Morgan fingerprint density at radius 2 is 1.05 bits per heavy atom. The summed E-state index contributed by atoms with van der Waals surface area (Å²) < 4.78 is 73.3. The largest absolute Gasteiger partial charge is 0.463 e. The molecule has 0 heterocycles. The minimum atomic E-state index is -1.13. The smallest absolute Gasteiger partial charge is 0.310 e. The number of aliphatic hydroxyl groups is 2. The van der Waals surface area contributed by atoms with Crippen molar-refractivity contribution >= 4 is 79.9 Å². The van der Waals surface area contributed by atoms with E-state index in [1.165, 1.54) is 24.3 Å². The van der Waals surface area contributed by atoms with E-state index in [-0.39, 0.29) is 45.5 Å². The number of halogens is 2. The highest BCUT2D eigenvalue weighted by Gasteiger charge is 2.29. The lowest BCUT2D eigenvalue weighted by Gasteiger charge is -2.18. The van der Waals surface area contributed by atoms with Crippen molar-refractivity contribution in [3.63, 3.8) is 0 Å². The van der Waals surface area contributed by atoms with E-state index < -0.39 is 75.9 Å². The minimum Gasteiger partial charge on any atom is -0.463 e. The van der Waals surface area contributed by atoms with Crippen LogP contribution in [-0.2, 0) is 59.7 Å². The van der Waals surface area contributed by atoms with Crippen LogP contribution >= 0.6 is 0 Å². The first-order valence-electron chi connectivity index (χ1n) is 26.1. The zero-order valence-corrected chi connectivity index (χ0v) is 47.1. The van der Waals surface area contributed by atoms with Crippen molar-refractivity contribution < 1.29 is 65.5 Å². The van der Waals surface area contributed by atoms with E-state index in [2.05, 4.69) is 6.58 Å². The number of rotatable bonds is 27. The van der Waals surface area contributed by atoms with Crippen molar-refractivity contribution in [1.82, 2.24) is 0 Å². The molecule has 4 atom stereocenters. The van der Waals surface area contributed by atoms with E-state index in [1.54, 1.807) is 55.0 Å². The van der Waals surface area contributed by atoms with Crippen LogP contribution in [0.15, 0.2) is 143 Å². The van der Waals surface area contributed by atoms with Crippen molar-refractivity contribution in [3.05, 3.63) is 178 Å². The predicted octanol–water partition coefficient (Wildman–Crippen LogP) is 11.9. The maximum atomic E-state index is 14.4. The summed E-state index contributed by atoms with van der Waals surface area (Å²) >= 11 is 0. The Hall–Kier alpha value is -6.98. The topological polar surface area (TPSA) is 180 Å². The molecule has 2 aliphatic rings. The molecule has 4 aromatic carbocycles. The minimum absolute atomic E-state index is 0.0778. The highest BCUT2D eigenvalue weighted by molar-refractivity contribution is 7.84. The van der Waals surface area contributed by atoms with Gasteiger partial charge in [0, 0.05) is 56.7 Å². The van der Waals surface area contributed by atoms with Crippen molar-refractivity contribution in [3.8, 4) is 0 Å². The molecule has 0 saturated heterocycles. The number of hydrogen-bond donors (Lipinski definition) is 2. The van der Waals surface area contributed by atoms with Gasteiger partial charge in [0.25, 0.3) is 0 Å². The van der Waals surface area contributed by atoms with Gasteiger partial charge in [-0.25, -0.2) is 8.78 Å². The summed E-state index contributed by atoms with van der Waals surface area (Å²) in [6.45, 7) is 8.11. The Morgan fingerprint density at radius 3 is 1.49 bits per heavy atom. The zero-order valence-electron chi connectivity index (χ0n) is 45.4. The van der Waals surface area contributed by atoms with E-state index in [4.69, 9.17) is 24.1 Å². The highest BCUT2D eigenvalue weighted by atomic mass is 32.2. The van der Waals surface area contributed by atoms with Crippen LogP contribution in [0.3, 0.4) is 0 Å². The Morgan fingerprint density at radius 1 is 0.608 bits per heavy atom. The molecule has 4 unspecified atom stereocenters. The second-order valence-electron chi connectivity index (χ2n) is 18.8. The quantitative estimate of drug-likeness (QED) is 0.0250. The van der Waals surface area contributed by atoms with E-state index >= 15 is 0 Å². The first-order chi connectivity index (χ1) is 37.9. The van der Waals surface area contributed by atoms with Crippen LogP contribution in [0.25, 0.3) is 34.4 Å². The molecule has 0 aromatic heterocycles. The van der Waals surface area contributed by atoms with Crippen LogP contribution in [0, 0.1) is 11.6 Å². The van der Waals surface area contributed by atoms with Gasteiger partial charge in [0.1, 0.15) is 37.6 Å². The lowest BCUT2D eigenvalue weighted by Crippen LogP contribution is -2.31. The van der Waals surface area contributed by atoms with Crippen LogP contribution < -0.4 is 0 Å². The molecule has 0 saturated carbocycles. The molecule has 4 aromatic rings. The Kier molecular flexibility index (Phi) is 25.6. The Labute approximate surface area is 467 Å². The molecule has 0 fully saturated rings. The summed E-state index contributed by atoms with van der Waals surface area (Å²) in [5.41, 5.74) is 9.21. The molecular formula is C63H70F2O12S2. The SMILES string of the molecule is C=CC/C=C\CCCC(=O)OC(COC(=O)CCC/C=C\CC)COC(=O)CC1=C(C)/C(=C/c2ccc(S(C)=O)cc2)c2ccc(F)cc21.CC1=C(CC(=O)OCC(O)CO)c2cc(F)ccc2/C1=C\c1ccc(S(C)=O)cc1. The fraction of sp³-hybridized carbons (Fsp3) is 0.333. The maximum absolute atomic E-state index is 14.4. The number of fused-ring (bicyclic) bond motifs is 2. The van der Waals surface area contributed by atoms with Gasteiger partial charge in [-0.05, 0) is 180 Å². The number of carbonyl (C=O) groups is 4. The fourth-order valence-electron chi connectivity index (χ4n) is 8.57. The van der Waals surface area contributed by atoms with Gasteiger partial charge in [0.05, 0.1) is 19.4 Å². The number of benzene rings is 4. The number of hydrogen-bond acceptors (Lipinski definition) is 12. The molecule has 2 aliphatic carbocycles. The first-order valence-corrected chi connectivity index (χ1v) is 29.2. The monoisotopic (exact) mass is 1120 g/mol. The average molecular weight is 1120 g/mol. The zero-order chi connectivity index (χ0) is 57.4. The van der Waals surface area contributed by atoms with Gasteiger partial charge < -0.3 is 29.2 Å². The molecule has 0 bridgehead atoms. The van der Waals surface area contributed by atoms with Gasteiger partial charge >= 0.3 is 23.9 Å². The van der Waals surface area contributed by atoms with Gasteiger partial charge in [-0.3, -0.25) is 27.6 Å². The number of esters is 4. The third-order valence-corrected chi connectivity index (χ3v) is 14.6. The van der Waals surface area contributed by atoms with Crippen LogP contribution in [0.2, 0.25) is 0 Å². The Balaban J connectivity index is 0.000000326. The molecule has 420 valence electrons. The second-order valence-corrected chi connectivity index (χ2v) is 21.5.